The molecule has 0 saturated carbocycles. The fraction of sp³-hybridized carbons (Fsp3) is 0.800. The van der Waals surface area contributed by atoms with E-state index in [1.54, 1.807) is 0 Å². The second-order valence-electron chi connectivity index (χ2n) is 6.25. The average Bonchev–Trinajstić information content (AvgIpc) is 2.87. The molecule has 0 aromatic carbocycles. The van der Waals surface area contributed by atoms with Gasteiger partial charge >= 0.3 is 0 Å². The van der Waals surface area contributed by atoms with Crippen LogP contribution in [0.25, 0.3) is 0 Å². The number of nitrogens with one attached hydrogen (secondary N) is 1. The molecule has 0 aliphatic carbocycles. The molecule has 1 aliphatic rings. The quantitative estimate of drug-likeness (QED) is 0.873. The highest BCUT2D eigenvalue weighted by molar-refractivity contribution is 7.15. The molecule has 1 aromatic rings. The van der Waals surface area contributed by atoms with Crippen LogP contribution in [-0.4, -0.2) is 48.6 Å². The zero-order valence-electron chi connectivity index (χ0n) is 13.2. The van der Waals surface area contributed by atoms with Crippen molar-refractivity contribution >= 4 is 16.5 Å². The maximum Gasteiger partial charge on any atom is 0.185 e. The van der Waals surface area contributed by atoms with Crippen LogP contribution in [0.1, 0.15) is 32.6 Å². The first-order valence-corrected chi connectivity index (χ1v) is 8.52. The molecule has 1 fully saturated rings. The van der Waals surface area contributed by atoms with Gasteiger partial charge in [-0.1, -0.05) is 13.8 Å². The predicted molar refractivity (Wildman–Crippen MR) is 87.6 cm³/mol. The number of aromatic nitrogens is 1. The number of thiazole rings is 1. The predicted octanol–water partition coefficient (Wildman–Crippen LogP) is 2.42. The third kappa shape index (κ3) is 4.43. The van der Waals surface area contributed by atoms with Gasteiger partial charge < -0.3 is 10.2 Å². The first-order chi connectivity index (χ1) is 9.56. The minimum atomic E-state index is 0.657. The summed E-state index contributed by atoms with van der Waals surface area (Å²) in [6.45, 7) is 15.5. The van der Waals surface area contributed by atoms with E-state index in [0.717, 1.165) is 39.3 Å². The third-order valence-electron chi connectivity index (χ3n) is 3.71. The molecule has 1 aliphatic heterocycles. The molecule has 1 saturated heterocycles. The Hall–Kier alpha value is -0.650. The maximum atomic E-state index is 4.59. The number of hydrogen-bond donors (Lipinski definition) is 1. The number of nitrogens with zero attached hydrogens (tertiary/aromatic N) is 3. The molecule has 0 unspecified atom stereocenters. The van der Waals surface area contributed by atoms with Gasteiger partial charge in [0.15, 0.2) is 5.13 Å². The molecule has 0 radical (unpaired) electrons. The Bertz CT molecular complexity index is 394. The number of piperazine rings is 1. The van der Waals surface area contributed by atoms with Crippen LogP contribution in [0.15, 0.2) is 6.20 Å². The SMILES string of the molecule is CC(C)CNCc1cnc(N2CCN(C(C)C)CC2)s1. The second-order valence-corrected chi connectivity index (χ2v) is 7.34. The van der Waals surface area contributed by atoms with Crippen LogP contribution in [0.5, 0.6) is 0 Å². The monoisotopic (exact) mass is 296 g/mol. The van der Waals surface area contributed by atoms with Gasteiger partial charge in [-0.15, -0.1) is 11.3 Å². The summed E-state index contributed by atoms with van der Waals surface area (Å²) in [6.07, 6.45) is 2.03. The first kappa shape index (κ1) is 15.7. The van der Waals surface area contributed by atoms with Crippen molar-refractivity contribution in [3.8, 4) is 0 Å². The van der Waals surface area contributed by atoms with Crippen molar-refractivity contribution in [2.45, 2.75) is 40.3 Å². The summed E-state index contributed by atoms with van der Waals surface area (Å²) in [5, 5.41) is 4.67. The lowest BCUT2D eigenvalue weighted by Crippen LogP contribution is -2.48. The average molecular weight is 296 g/mol. The molecule has 0 amide bonds. The largest absolute Gasteiger partial charge is 0.346 e. The van der Waals surface area contributed by atoms with Gasteiger partial charge in [-0.2, -0.15) is 0 Å². The van der Waals surface area contributed by atoms with Gasteiger partial charge in [0.1, 0.15) is 0 Å². The van der Waals surface area contributed by atoms with Crippen LogP contribution in [0.4, 0.5) is 5.13 Å². The zero-order chi connectivity index (χ0) is 14.5. The topological polar surface area (TPSA) is 31.4 Å². The number of anilines is 1. The fourth-order valence-electron chi connectivity index (χ4n) is 2.44. The smallest absolute Gasteiger partial charge is 0.185 e. The highest BCUT2D eigenvalue weighted by Crippen LogP contribution is 2.23. The van der Waals surface area contributed by atoms with E-state index in [1.165, 1.54) is 10.0 Å². The van der Waals surface area contributed by atoms with Gasteiger partial charge in [-0.25, -0.2) is 4.98 Å². The fourth-order valence-corrected chi connectivity index (χ4v) is 3.37. The van der Waals surface area contributed by atoms with Crippen molar-refractivity contribution in [3.63, 3.8) is 0 Å². The summed E-state index contributed by atoms with van der Waals surface area (Å²) in [6, 6.07) is 0.657. The molecule has 4 nitrogen and oxygen atoms in total. The van der Waals surface area contributed by atoms with Gasteiger partial charge in [0.2, 0.25) is 0 Å². The molecule has 1 N–H and O–H groups in total. The van der Waals surface area contributed by atoms with Crippen molar-refractivity contribution < 1.29 is 0 Å². The number of rotatable bonds is 6. The van der Waals surface area contributed by atoms with Crippen LogP contribution in [0.2, 0.25) is 0 Å². The Morgan fingerprint density at radius 1 is 1.20 bits per heavy atom. The molecule has 0 atom stereocenters. The van der Waals surface area contributed by atoms with Crippen molar-refractivity contribution in [1.82, 2.24) is 15.2 Å². The third-order valence-corrected chi connectivity index (χ3v) is 4.77. The summed E-state index contributed by atoms with van der Waals surface area (Å²) >= 11 is 1.83. The van der Waals surface area contributed by atoms with E-state index in [2.05, 4.69) is 47.8 Å². The molecular formula is C15H28N4S. The van der Waals surface area contributed by atoms with E-state index in [4.69, 9.17) is 0 Å². The first-order valence-electron chi connectivity index (χ1n) is 7.70. The van der Waals surface area contributed by atoms with E-state index < -0.39 is 0 Å². The van der Waals surface area contributed by atoms with Crippen molar-refractivity contribution in [2.24, 2.45) is 5.92 Å². The second kappa shape index (κ2) is 7.38. The Morgan fingerprint density at radius 2 is 1.90 bits per heavy atom. The van der Waals surface area contributed by atoms with Crippen LogP contribution < -0.4 is 10.2 Å². The molecular weight excluding hydrogens is 268 g/mol. The molecule has 2 rings (SSSR count). The van der Waals surface area contributed by atoms with Crippen molar-refractivity contribution in [3.05, 3.63) is 11.1 Å². The Labute approximate surface area is 127 Å². The summed E-state index contributed by atoms with van der Waals surface area (Å²) in [7, 11) is 0. The lowest BCUT2D eigenvalue weighted by Gasteiger charge is -2.36. The van der Waals surface area contributed by atoms with E-state index >= 15 is 0 Å². The summed E-state index contributed by atoms with van der Waals surface area (Å²) in [5.74, 6) is 0.700. The van der Waals surface area contributed by atoms with Gasteiger partial charge in [0.05, 0.1) is 0 Å². The zero-order valence-corrected chi connectivity index (χ0v) is 14.0. The van der Waals surface area contributed by atoms with Gasteiger partial charge in [0, 0.05) is 49.8 Å². The molecule has 0 bridgehead atoms. The van der Waals surface area contributed by atoms with Crippen molar-refractivity contribution in [1.29, 1.82) is 0 Å². The lowest BCUT2D eigenvalue weighted by molar-refractivity contribution is 0.209. The van der Waals surface area contributed by atoms with Crippen molar-refractivity contribution in [2.75, 3.05) is 37.6 Å². The Kier molecular flexibility index (Phi) is 5.81. The highest BCUT2D eigenvalue weighted by Gasteiger charge is 2.20. The minimum absolute atomic E-state index is 0.657. The number of hydrogen-bond acceptors (Lipinski definition) is 5. The standard InChI is InChI=1S/C15H28N4S/c1-12(2)9-16-10-14-11-17-15(20-14)19-7-5-18(6-8-19)13(3)4/h11-13,16H,5-10H2,1-4H3. The highest BCUT2D eigenvalue weighted by atomic mass is 32.1. The van der Waals surface area contributed by atoms with Gasteiger partial charge in [0.25, 0.3) is 0 Å². The summed E-state index contributed by atoms with van der Waals surface area (Å²) in [5.41, 5.74) is 0. The van der Waals surface area contributed by atoms with Gasteiger partial charge in [-0.3, -0.25) is 4.90 Å². The normalized spacial score (nSPS) is 17.4. The molecule has 2 heterocycles. The summed E-state index contributed by atoms with van der Waals surface area (Å²) < 4.78 is 0. The Morgan fingerprint density at radius 3 is 2.50 bits per heavy atom. The van der Waals surface area contributed by atoms with Crippen LogP contribution in [0, 0.1) is 5.92 Å². The maximum absolute atomic E-state index is 4.59. The molecule has 20 heavy (non-hydrogen) atoms. The van der Waals surface area contributed by atoms with E-state index in [9.17, 15) is 0 Å². The van der Waals surface area contributed by atoms with Crippen LogP contribution >= 0.6 is 11.3 Å². The molecule has 5 heteroatoms. The van der Waals surface area contributed by atoms with E-state index in [0.29, 0.717) is 12.0 Å². The lowest BCUT2D eigenvalue weighted by atomic mass is 10.2. The molecule has 0 spiro atoms. The van der Waals surface area contributed by atoms with Crippen LogP contribution in [0.3, 0.4) is 0 Å². The van der Waals surface area contributed by atoms with E-state index in [1.807, 2.05) is 17.5 Å². The summed E-state index contributed by atoms with van der Waals surface area (Å²) in [4.78, 5) is 10.9. The Balaban J connectivity index is 1.81. The van der Waals surface area contributed by atoms with Gasteiger partial charge in [-0.05, 0) is 26.3 Å². The van der Waals surface area contributed by atoms with E-state index in [-0.39, 0.29) is 0 Å². The molecule has 1 aromatic heterocycles. The minimum Gasteiger partial charge on any atom is -0.346 e. The molecule has 114 valence electrons. The van der Waals surface area contributed by atoms with Crippen LogP contribution in [-0.2, 0) is 6.54 Å².